The Balaban J connectivity index is 0.731. The average Bonchev–Trinajstić information content (AvgIpc) is 4.48. The molecule has 432 valence electrons. The monoisotopic (exact) mass is 1100 g/mol. The van der Waals surface area contributed by atoms with Gasteiger partial charge in [-0.25, -0.2) is 0 Å². The minimum absolute atomic E-state index is 0.0208. The zero-order valence-electron chi connectivity index (χ0n) is 47.7. The van der Waals surface area contributed by atoms with Crippen molar-refractivity contribution in [3.8, 4) is 0 Å². The van der Waals surface area contributed by atoms with Crippen LogP contribution in [0.4, 0.5) is 0 Å². The van der Waals surface area contributed by atoms with Crippen LogP contribution < -0.4 is 31.9 Å². The van der Waals surface area contributed by atoms with Crippen LogP contribution in [-0.2, 0) is 54.7 Å². The number of Topliss-reactive ketones (excluding diaryl/α,β-unsaturated/α-hetero) is 2. The van der Waals surface area contributed by atoms with Crippen molar-refractivity contribution in [2.75, 3.05) is 14.1 Å². The minimum atomic E-state index is -0.601. The number of rotatable bonds is 24. The van der Waals surface area contributed by atoms with Crippen molar-refractivity contribution in [1.82, 2.24) is 61.9 Å². The third-order valence-corrected chi connectivity index (χ3v) is 18.0. The molecule has 2 aromatic heterocycles. The highest BCUT2D eigenvalue weighted by Gasteiger charge is 2.49. The number of unbranched alkanes of at least 4 members (excludes halogenated alkanes) is 2. The summed E-state index contributed by atoms with van der Waals surface area (Å²) in [5.74, 6) is -2.38. The lowest BCUT2D eigenvalue weighted by molar-refractivity contribution is -0.137. The number of amides is 4. The summed E-state index contributed by atoms with van der Waals surface area (Å²) < 4.78 is 3.70. The van der Waals surface area contributed by atoms with Crippen LogP contribution in [0.1, 0.15) is 156 Å². The Hall–Kier alpha value is -6.92. The van der Waals surface area contributed by atoms with Gasteiger partial charge in [0.2, 0.25) is 23.6 Å². The zero-order chi connectivity index (χ0) is 56.8. The maximum atomic E-state index is 14.3. The Bertz CT molecular complexity index is 2890. The summed E-state index contributed by atoms with van der Waals surface area (Å²) in [6.07, 6.45) is 17.9. The Kier molecular flexibility index (Phi) is 20.4. The molecule has 4 aliphatic carbocycles. The number of hydrogen-bond acceptors (Lipinski definition) is 12. The van der Waals surface area contributed by atoms with Crippen molar-refractivity contribution in [3.63, 3.8) is 0 Å². The largest absolute Gasteiger partial charge is 0.345 e. The molecule has 18 nitrogen and oxygen atoms in total. The number of carbonyl (C=O) groups excluding carboxylic acids is 6. The Morgan fingerprint density at radius 2 is 0.926 bits per heavy atom. The van der Waals surface area contributed by atoms with Crippen LogP contribution >= 0.6 is 0 Å². The molecular formula is C63H84N12O6. The molecule has 4 fully saturated rings. The van der Waals surface area contributed by atoms with Crippen LogP contribution in [0.5, 0.6) is 0 Å². The molecule has 5 unspecified atom stereocenters. The number of fused-ring (bicyclic) bond motifs is 2. The van der Waals surface area contributed by atoms with E-state index in [1.807, 2.05) is 82.4 Å². The second kappa shape index (κ2) is 28.2. The molecule has 4 amide bonds. The van der Waals surface area contributed by atoms with Crippen molar-refractivity contribution < 1.29 is 28.8 Å². The average molecular weight is 1110 g/mol. The lowest BCUT2D eigenvalue weighted by Crippen LogP contribution is -2.52. The molecule has 12 atom stereocenters. The molecule has 5 aromatic rings. The van der Waals surface area contributed by atoms with Crippen molar-refractivity contribution >= 4 is 35.2 Å². The number of benzene rings is 3. The number of carbonyl (C=O) groups is 6. The van der Waals surface area contributed by atoms with Gasteiger partial charge in [0.15, 0.2) is 11.6 Å². The summed E-state index contributed by atoms with van der Waals surface area (Å²) in [5.41, 5.74) is 5.62. The fraction of sp³-hybridized carbons (Fsp3) is 0.556. The predicted molar refractivity (Wildman–Crippen MR) is 308 cm³/mol. The third kappa shape index (κ3) is 14.8. The predicted octanol–water partition coefficient (Wildman–Crippen LogP) is 6.69. The number of nitrogens with zero attached hydrogens (tertiary/aromatic N) is 6. The first kappa shape index (κ1) is 58.7. The smallest absolute Gasteiger partial charge is 0.237 e. The lowest BCUT2D eigenvalue weighted by Gasteiger charge is -2.31. The van der Waals surface area contributed by atoms with E-state index < -0.39 is 59.9 Å². The van der Waals surface area contributed by atoms with E-state index in [1.165, 1.54) is 11.1 Å². The quantitative estimate of drug-likeness (QED) is 0.0355. The molecule has 18 heteroatoms. The molecule has 0 bridgehead atoms. The molecule has 0 aliphatic heterocycles. The molecule has 0 spiro atoms. The number of nitrogens with one attached hydrogen (secondary N) is 6. The van der Waals surface area contributed by atoms with Gasteiger partial charge in [0.25, 0.3) is 0 Å². The molecule has 81 heavy (non-hydrogen) atoms. The number of likely N-dealkylation sites (N-methyl/N-ethyl adjacent to an activating group) is 2. The van der Waals surface area contributed by atoms with Crippen molar-refractivity contribution in [2.45, 2.75) is 172 Å². The van der Waals surface area contributed by atoms with E-state index in [4.69, 9.17) is 0 Å². The highest BCUT2D eigenvalue weighted by molar-refractivity contribution is 5.97. The van der Waals surface area contributed by atoms with Crippen LogP contribution in [0.15, 0.2) is 97.3 Å². The minimum Gasteiger partial charge on any atom is -0.345 e. The van der Waals surface area contributed by atoms with E-state index >= 15 is 0 Å². The van der Waals surface area contributed by atoms with Crippen LogP contribution in [0.25, 0.3) is 0 Å². The van der Waals surface area contributed by atoms with Gasteiger partial charge in [-0.15, -0.1) is 10.2 Å². The Labute approximate surface area is 476 Å². The van der Waals surface area contributed by atoms with Gasteiger partial charge in [-0.2, -0.15) is 0 Å². The molecule has 0 radical (unpaired) electrons. The topological polar surface area (TPSA) is 236 Å². The van der Waals surface area contributed by atoms with Crippen LogP contribution in [0.3, 0.4) is 0 Å². The van der Waals surface area contributed by atoms with Gasteiger partial charge in [0.05, 0.1) is 48.6 Å². The van der Waals surface area contributed by atoms with E-state index in [0.29, 0.717) is 50.2 Å². The second-order valence-corrected chi connectivity index (χ2v) is 23.4. The SMILES string of the molecule is CN[C@@H](C)C(=O)N[C@H]1CCCC2CCC(C(=O)N[C@@H](c3ccccc3)c3cn(CCCCc4ccc(CCCCn5cc([C@@H](NC(=O)C6CC[C@@H]7CCCC[C@H](NC(=O)[C@H](C)NC)C(=O)C67)c6ccccc6)nn5)cc4)nn3)C2C1=O. The molecule has 4 saturated carbocycles. The van der Waals surface area contributed by atoms with Crippen LogP contribution in [-0.4, -0.2) is 103 Å². The van der Waals surface area contributed by atoms with Gasteiger partial charge in [-0.1, -0.05) is 115 Å². The maximum absolute atomic E-state index is 14.3. The van der Waals surface area contributed by atoms with E-state index in [1.54, 1.807) is 27.9 Å². The fourth-order valence-electron chi connectivity index (χ4n) is 13.1. The molecule has 6 N–H and O–H groups in total. The van der Waals surface area contributed by atoms with E-state index in [0.717, 1.165) is 94.6 Å². The van der Waals surface area contributed by atoms with E-state index in [2.05, 4.69) is 76.8 Å². The highest BCUT2D eigenvalue weighted by atomic mass is 16.2. The molecule has 4 aliphatic rings. The number of aromatic nitrogens is 6. The fourth-order valence-corrected chi connectivity index (χ4v) is 13.1. The summed E-state index contributed by atoms with van der Waals surface area (Å²) in [5, 5.41) is 36.5. The zero-order valence-corrected chi connectivity index (χ0v) is 47.7. The standard InChI is InChI=1S/C63H84N12O6/c1-40(64-3)60(78)66-50-26-12-11-20-44-32-34-48(54(44)58(50)76)62(80)68-56(46-21-7-5-8-22-46)52-38-74(72-70-52)36-15-13-18-42-28-30-43(31-29-42)19-14-16-37-75-39-53(71-73-75)57(47-23-9-6-10-24-47)69-63(81)49-35-33-45-25-17-27-51(59(77)55(45)49)67-61(79)41(2)65-4/h5-10,21-24,28-31,38-41,44-45,48-51,54-57,64-65H,11-20,25-27,32-37H2,1-4H3,(H,66,78)(H,67,79)(H,68,80)(H,69,81)/t40-,41-,44-,45?,48?,49?,50-,51-,54?,55?,56-,57-/m0/s1. The molecule has 3 aromatic carbocycles. The second-order valence-electron chi connectivity index (χ2n) is 23.4. The van der Waals surface area contributed by atoms with E-state index in [-0.39, 0.29) is 47.0 Å². The number of hydrogen-bond donors (Lipinski definition) is 6. The molecule has 2 heterocycles. The summed E-state index contributed by atoms with van der Waals surface area (Å²) in [4.78, 5) is 82.4. The van der Waals surface area contributed by atoms with Crippen LogP contribution in [0.2, 0.25) is 0 Å². The molecule has 0 saturated heterocycles. The summed E-state index contributed by atoms with van der Waals surface area (Å²) in [6.45, 7) is 4.91. The van der Waals surface area contributed by atoms with Gasteiger partial charge in [0, 0.05) is 36.8 Å². The van der Waals surface area contributed by atoms with Crippen molar-refractivity contribution in [1.29, 1.82) is 0 Å². The number of ketones is 2. The first-order chi connectivity index (χ1) is 39.4. The maximum Gasteiger partial charge on any atom is 0.237 e. The third-order valence-electron chi connectivity index (χ3n) is 18.0. The van der Waals surface area contributed by atoms with Crippen LogP contribution in [0, 0.1) is 35.5 Å². The summed E-state index contributed by atoms with van der Waals surface area (Å²) in [7, 11) is 3.44. The van der Waals surface area contributed by atoms with Gasteiger partial charge >= 0.3 is 0 Å². The Morgan fingerprint density at radius 3 is 1.36 bits per heavy atom. The summed E-state index contributed by atoms with van der Waals surface area (Å²) >= 11 is 0. The Morgan fingerprint density at radius 1 is 0.519 bits per heavy atom. The first-order valence-electron chi connectivity index (χ1n) is 30.0. The van der Waals surface area contributed by atoms with Gasteiger partial charge in [0.1, 0.15) is 11.4 Å². The van der Waals surface area contributed by atoms with E-state index in [9.17, 15) is 28.8 Å². The highest BCUT2D eigenvalue weighted by Crippen LogP contribution is 2.45. The van der Waals surface area contributed by atoms with Gasteiger partial charge in [-0.05, 0) is 152 Å². The molecular weight excluding hydrogens is 1020 g/mol. The van der Waals surface area contributed by atoms with Gasteiger partial charge in [-0.3, -0.25) is 38.1 Å². The summed E-state index contributed by atoms with van der Waals surface area (Å²) in [6, 6.07) is 25.3. The molecule has 9 rings (SSSR count). The van der Waals surface area contributed by atoms with Crippen molar-refractivity contribution in [2.24, 2.45) is 35.5 Å². The number of aryl methyl sites for hydroxylation is 4. The van der Waals surface area contributed by atoms with Gasteiger partial charge < -0.3 is 31.9 Å². The normalized spacial score (nSPS) is 24.3. The van der Waals surface area contributed by atoms with Crippen molar-refractivity contribution in [3.05, 3.63) is 131 Å². The first-order valence-corrected chi connectivity index (χ1v) is 30.0. The lowest BCUT2D eigenvalue weighted by atomic mass is 9.77.